The molecule has 6 rings (SSSR count). The van der Waals surface area contributed by atoms with Gasteiger partial charge in [0.15, 0.2) is 0 Å². The second-order valence-electron chi connectivity index (χ2n) is 12.1. The number of aryl methyl sites for hydroxylation is 5. The second kappa shape index (κ2) is 15.7. The van der Waals surface area contributed by atoms with Gasteiger partial charge >= 0.3 is 70.3 Å². The van der Waals surface area contributed by atoms with E-state index in [0.29, 0.717) is 11.3 Å². The summed E-state index contributed by atoms with van der Waals surface area (Å²) in [5, 5.41) is 5.53. The van der Waals surface area contributed by atoms with Gasteiger partial charge in [-0.25, -0.2) is 6.08 Å². The summed E-state index contributed by atoms with van der Waals surface area (Å²) in [6.07, 6.45) is 15.0. The SMILES string of the molecule is CC1[C-]=CC(C2(C)CCCCC2)=C1.Cc1cc2[cH-]c3cc(C)c(C)cc3c2cc1C.Cc1ccc([CH]=[Zr+2])cc1.[Cl-].[Cl-]. The first-order chi connectivity index (χ1) is 18.6. The van der Waals surface area contributed by atoms with Gasteiger partial charge in [-0.1, -0.05) is 91.7 Å². The largest absolute Gasteiger partial charge is 1.00 e. The number of halogens is 2. The first-order valence-corrected chi connectivity index (χ1v) is 16.0. The fraction of sp³-hybridized carbons (Fsp3) is 0.368. The third kappa shape index (κ3) is 8.92. The molecule has 4 aromatic carbocycles. The molecule has 4 aromatic rings. The summed E-state index contributed by atoms with van der Waals surface area (Å²) < 4.78 is 2.19. The molecule has 0 heterocycles. The van der Waals surface area contributed by atoms with Crippen LogP contribution in [-0.2, 0) is 24.2 Å². The van der Waals surface area contributed by atoms with Gasteiger partial charge in [-0.2, -0.15) is 11.6 Å². The molecule has 0 radical (unpaired) electrons. The van der Waals surface area contributed by atoms with Gasteiger partial charge in [0.05, 0.1) is 0 Å². The van der Waals surface area contributed by atoms with Crippen molar-refractivity contribution < 1.29 is 49.0 Å². The Kier molecular flexibility index (Phi) is 13.6. The minimum absolute atomic E-state index is 0. The molecule has 0 spiro atoms. The average Bonchev–Trinajstić information content (AvgIpc) is 3.50. The summed E-state index contributed by atoms with van der Waals surface area (Å²) in [6.45, 7) is 15.5. The Labute approximate surface area is 276 Å². The van der Waals surface area contributed by atoms with Crippen LogP contribution >= 0.6 is 0 Å². The van der Waals surface area contributed by atoms with E-state index < -0.39 is 0 Å². The fourth-order valence-electron chi connectivity index (χ4n) is 5.80. The Morgan fingerprint density at radius 3 is 1.71 bits per heavy atom. The number of fused-ring (bicyclic) bond motifs is 3. The van der Waals surface area contributed by atoms with Crippen LogP contribution in [-0.4, -0.2) is 3.71 Å². The van der Waals surface area contributed by atoms with E-state index in [0.717, 1.165) is 0 Å². The maximum Gasteiger partial charge on any atom is -1.00 e. The van der Waals surface area contributed by atoms with Gasteiger partial charge in [0.25, 0.3) is 0 Å². The van der Waals surface area contributed by atoms with Crippen molar-refractivity contribution in [2.24, 2.45) is 11.3 Å². The van der Waals surface area contributed by atoms with Crippen molar-refractivity contribution in [2.45, 2.75) is 80.6 Å². The third-order valence-electron chi connectivity index (χ3n) is 8.76. The van der Waals surface area contributed by atoms with Crippen molar-refractivity contribution >= 4 is 25.3 Å². The number of rotatable bonds is 2. The van der Waals surface area contributed by atoms with E-state index in [9.17, 15) is 0 Å². The van der Waals surface area contributed by atoms with Crippen LogP contribution in [0.5, 0.6) is 0 Å². The Morgan fingerprint density at radius 1 is 0.780 bits per heavy atom. The molecule has 2 aliphatic rings. The van der Waals surface area contributed by atoms with Crippen molar-refractivity contribution in [3.05, 3.63) is 112 Å². The standard InChI is InChI=1S/C17H17.C13H19.C8H8.2ClH.Zr/c1-10-5-14-9-15-6-11(2)13(4)8-17(15)16(14)7-12(10)3;1-11-6-7-12(10-11)13(2)8-4-3-5-9-13;1-7-3-5-8(2)6-4-7;;;/h5-9H,1-4H3;7,10-11H,3-5,8-9H2,1-2H3;1,3-6H,2H3;2*1H;/q2*-1;;;;+2/p-2. The summed E-state index contributed by atoms with van der Waals surface area (Å²) in [4.78, 5) is 0. The molecule has 1 unspecified atom stereocenters. The molecule has 216 valence electrons. The first-order valence-electron chi connectivity index (χ1n) is 14.6. The summed E-state index contributed by atoms with van der Waals surface area (Å²) in [5.41, 5.74) is 10.2. The molecule has 0 nitrogen and oxygen atoms in total. The van der Waals surface area contributed by atoms with Crippen LogP contribution in [0.2, 0.25) is 0 Å². The monoisotopic (exact) mass is 660 g/mol. The number of hydrogen-bond acceptors (Lipinski definition) is 0. The summed E-state index contributed by atoms with van der Waals surface area (Å²) in [5.74, 6) is 0.550. The van der Waals surface area contributed by atoms with Gasteiger partial charge in [-0.05, 0) is 27.7 Å². The number of allylic oxidation sites excluding steroid dienone is 4. The molecule has 0 aromatic heterocycles. The van der Waals surface area contributed by atoms with Crippen LogP contribution in [0.25, 0.3) is 21.5 Å². The van der Waals surface area contributed by atoms with Crippen LogP contribution in [0.15, 0.2) is 72.3 Å². The molecular formula is C38H44Cl2Zr-2. The van der Waals surface area contributed by atoms with E-state index in [4.69, 9.17) is 0 Å². The summed E-state index contributed by atoms with van der Waals surface area (Å²) in [6, 6.07) is 20.1. The number of benzene rings is 3. The van der Waals surface area contributed by atoms with Crippen LogP contribution < -0.4 is 24.8 Å². The predicted octanol–water partition coefficient (Wildman–Crippen LogP) is 4.54. The minimum atomic E-state index is 0. The van der Waals surface area contributed by atoms with Gasteiger partial charge in [-0.15, -0.1) is 39.7 Å². The van der Waals surface area contributed by atoms with Crippen molar-refractivity contribution in [3.8, 4) is 0 Å². The van der Waals surface area contributed by atoms with Crippen molar-refractivity contribution in [1.29, 1.82) is 0 Å². The molecule has 0 aliphatic heterocycles. The normalized spacial score (nSPS) is 16.9. The number of hydrogen-bond donors (Lipinski definition) is 0. The molecule has 41 heavy (non-hydrogen) atoms. The smallest absolute Gasteiger partial charge is 1.00 e. The molecule has 2 aliphatic carbocycles. The Balaban J connectivity index is 0.000000220. The van der Waals surface area contributed by atoms with Crippen LogP contribution in [0, 0.1) is 52.0 Å². The third-order valence-corrected chi connectivity index (χ3v) is 9.58. The predicted molar refractivity (Wildman–Crippen MR) is 169 cm³/mol. The molecule has 1 atom stereocenters. The zero-order valence-electron chi connectivity index (χ0n) is 25.8. The van der Waals surface area contributed by atoms with E-state index >= 15 is 0 Å². The second-order valence-corrected chi connectivity index (χ2v) is 12.8. The van der Waals surface area contributed by atoms with Crippen LogP contribution in [0.3, 0.4) is 0 Å². The first kappa shape index (κ1) is 35.5. The van der Waals surface area contributed by atoms with Gasteiger partial charge in [0.2, 0.25) is 0 Å². The zero-order valence-corrected chi connectivity index (χ0v) is 29.8. The van der Waals surface area contributed by atoms with Gasteiger partial charge in [-0.3, -0.25) is 6.08 Å². The minimum Gasteiger partial charge on any atom is -1.00 e. The van der Waals surface area contributed by atoms with Gasteiger partial charge in [0.1, 0.15) is 0 Å². The van der Waals surface area contributed by atoms with Crippen molar-refractivity contribution in [3.63, 3.8) is 0 Å². The average molecular weight is 663 g/mol. The molecular weight excluding hydrogens is 619 g/mol. The Morgan fingerprint density at radius 2 is 1.27 bits per heavy atom. The van der Waals surface area contributed by atoms with E-state index in [1.54, 1.807) is 5.57 Å². The quantitative estimate of drug-likeness (QED) is 0.277. The van der Waals surface area contributed by atoms with E-state index in [1.165, 1.54) is 111 Å². The van der Waals surface area contributed by atoms with E-state index in [2.05, 4.69) is 125 Å². The fourth-order valence-corrected chi connectivity index (χ4v) is 6.27. The molecule has 0 bridgehead atoms. The Bertz CT molecular complexity index is 1450. The topological polar surface area (TPSA) is 0 Å². The van der Waals surface area contributed by atoms with Gasteiger partial charge < -0.3 is 24.8 Å². The van der Waals surface area contributed by atoms with Crippen molar-refractivity contribution in [2.75, 3.05) is 0 Å². The zero-order chi connectivity index (χ0) is 28.2. The van der Waals surface area contributed by atoms with E-state index in [1.807, 2.05) is 0 Å². The molecule has 0 amide bonds. The van der Waals surface area contributed by atoms with Gasteiger partial charge in [0, 0.05) is 0 Å². The van der Waals surface area contributed by atoms with Crippen molar-refractivity contribution in [1.82, 2.24) is 0 Å². The molecule has 1 fully saturated rings. The Hall–Kier alpha value is -1.66. The van der Waals surface area contributed by atoms with Crippen LogP contribution in [0.1, 0.15) is 79.3 Å². The molecule has 3 heteroatoms. The van der Waals surface area contributed by atoms with E-state index in [-0.39, 0.29) is 24.8 Å². The summed E-state index contributed by atoms with van der Waals surface area (Å²) >= 11 is 1.47. The summed E-state index contributed by atoms with van der Waals surface area (Å²) in [7, 11) is 0. The van der Waals surface area contributed by atoms with Crippen LogP contribution in [0.4, 0.5) is 0 Å². The molecule has 0 N–H and O–H groups in total. The molecule has 1 saturated carbocycles. The molecule has 0 saturated heterocycles. The maximum absolute atomic E-state index is 3.37. The maximum atomic E-state index is 3.37.